The maximum atomic E-state index is 13.1. The monoisotopic (exact) mass is 427 g/mol. The Hall–Kier alpha value is -4.27. The maximum Gasteiger partial charge on any atom is 0.262 e. The number of carbonyl (C=O) groups is 1. The molecule has 9 heteroatoms. The number of nitrogens with zero attached hydrogens (tertiary/aromatic N) is 6. The van der Waals surface area contributed by atoms with E-state index >= 15 is 0 Å². The average Bonchev–Trinajstić information content (AvgIpc) is 3.41. The summed E-state index contributed by atoms with van der Waals surface area (Å²) >= 11 is 0. The van der Waals surface area contributed by atoms with Gasteiger partial charge in [-0.3, -0.25) is 9.59 Å². The minimum absolute atomic E-state index is 0.105. The second kappa shape index (κ2) is 7.77. The van der Waals surface area contributed by atoms with E-state index in [0.717, 1.165) is 23.2 Å². The second-order valence-corrected chi connectivity index (χ2v) is 7.69. The summed E-state index contributed by atoms with van der Waals surface area (Å²) in [7, 11) is 1.69. The Labute approximate surface area is 183 Å². The number of pyridine rings is 1. The smallest absolute Gasteiger partial charge is 0.262 e. The van der Waals surface area contributed by atoms with Gasteiger partial charge in [-0.2, -0.15) is 10.2 Å². The van der Waals surface area contributed by atoms with Crippen LogP contribution in [0.2, 0.25) is 0 Å². The lowest BCUT2D eigenvalue weighted by Gasteiger charge is -2.10. The van der Waals surface area contributed by atoms with E-state index in [-0.39, 0.29) is 11.5 Å². The van der Waals surface area contributed by atoms with Crippen molar-refractivity contribution in [3.63, 3.8) is 0 Å². The highest BCUT2D eigenvalue weighted by Gasteiger charge is 2.21. The molecule has 1 N–H and O–H groups in total. The van der Waals surface area contributed by atoms with E-state index in [4.69, 9.17) is 5.10 Å². The van der Waals surface area contributed by atoms with E-state index in [1.54, 1.807) is 41.0 Å². The molecule has 0 radical (unpaired) electrons. The highest BCUT2D eigenvalue weighted by Crippen LogP contribution is 2.27. The summed E-state index contributed by atoms with van der Waals surface area (Å²) in [5.41, 5.74) is 3.62. The molecule has 1 amide bonds. The van der Waals surface area contributed by atoms with E-state index in [2.05, 4.69) is 15.4 Å². The molecular formula is C23H21N7O2. The van der Waals surface area contributed by atoms with E-state index in [0.29, 0.717) is 29.4 Å². The van der Waals surface area contributed by atoms with Crippen molar-refractivity contribution in [1.29, 1.82) is 0 Å². The van der Waals surface area contributed by atoms with Crippen molar-refractivity contribution in [1.82, 2.24) is 24.1 Å². The normalized spacial score (nSPS) is 12.6. The van der Waals surface area contributed by atoms with Gasteiger partial charge in [-0.15, -0.1) is 0 Å². The fraction of sp³-hybridized carbons (Fsp3) is 0.174. The van der Waals surface area contributed by atoms with Gasteiger partial charge in [0.2, 0.25) is 5.56 Å². The van der Waals surface area contributed by atoms with Gasteiger partial charge in [0.1, 0.15) is 11.4 Å². The number of fused-ring (bicyclic) bond motifs is 1. The fourth-order valence-electron chi connectivity index (χ4n) is 3.59. The Kier molecular flexibility index (Phi) is 4.78. The van der Waals surface area contributed by atoms with Crippen molar-refractivity contribution in [2.24, 2.45) is 12.0 Å². The van der Waals surface area contributed by atoms with Crippen molar-refractivity contribution in [3.05, 3.63) is 76.3 Å². The van der Waals surface area contributed by atoms with Crippen LogP contribution < -0.4 is 10.9 Å². The van der Waals surface area contributed by atoms with Gasteiger partial charge in [0.05, 0.1) is 17.6 Å². The van der Waals surface area contributed by atoms with Crippen molar-refractivity contribution in [2.45, 2.75) is 19.9 Å². The summed E-state index contributed by atoms with van der Waals surface area (Å²) in [6, 6.07) is 12.9. The van der Waals surface area contributed by atoms with Crippen LogP contribution in [-0.2, 0) is 13.6 Å². The lowest BCUT2D eigenvalue weighted by atomic mass is 10.2. The van der Waals surface area contributed by atoms with Gasteiger partial charge in [-0.1, -0.05) is 17.7 Å². The van der Waals surface area contributed by atoms with Gasteiger partial charge in [0, 0.05) is 50.1 Å². The molecule has 0 fully saturated rings. The number of anilines is 1. The van der Waals surface area contributed by atoms with Crippen LogP contribution in [0.1, 0.15) is 22.3 Å². The molecule has 0 aliphatic carbocycles. The summed E-state index contributed by atoms with van der Waals surface area (Å²) in [6.45, 7) is 2.71. The van der Waals surface area contributed by atoms with Crippen LogP contribution in [0, 0.1) is 6.92 Å². The van der Waals surface area contributed by atoms with Crippen molar-refractivity contribution in [2.75, 3.05) is 5.32 Å². The maximum absolute atomic E-state index is 13.1. The third-order valence-electron chi connectivity index (χ3n) is 5.35. The highest BCUT2D eigenvalue weighted by molar-refractivity contribution is 6.07. The zero-order chi connectivity index (χ0) is 22.2. The topological polar surface area (TPSA) is 99.1 Å². The first-order valence-corrected chi connectivity index (χ1v) is 10.2. The molecule has 32 heavy (non-hydrogen) atoms. The van der Waals surface area contributed by atoms with Gasteiger partial charge >= 0.3 is 0 Å². The van der Waals surface area contributed by atoms with Crippen molar-refractivity contribution in [3.8, 4) is 16.9 Å². The second-order valence-electron chi connectivity index (χ2n) is 7.69. The lowest BCUT2D eigenvalue weighted by Crippen LogP contribution is -2.15. The minimum Gasteiger partial charge on any atom is -0.318 e. The fourth-order valence-corrected chi connectivity index (χ4v) is 3.59. The molecule has 5 rings (SSSR count). The first-order chi connectivity index (χ1) is 15.5. The molecular weight excluding hydrogens is 406 g/mol. The quantitative estimate of drug-likeness (QED) is 0.541. The summed E-state index contributed by atoms with van der Waals surface area (Å²) in [6.07, 6.45) is 5.84. The van der Waals surface area contributed by atoms with Gasteiger partial charge in [-0.25, -0.2) is 14.4 Å². The van der Waals surface area contributed by atoms with Crippen molar-refractivity contribution < 1.29 is 4.79 Å². The number of rotatable bonds is 4. The van der Waals surface area contributed by atoms with Crippen molar-refractivity contribution >= 4 is 23.8 Å². The van der Waals surface area contributed by atoms with Crippen LogP contribution in [-0.4, -0.2) is 36.2 Å². The number of nitrogens with one attached hydrogen (secondary N) is 1. The van der Waals surface area contributed by atoms with Gasteiger partial charge < -0.3 is 9.88 Å². The zero-order valence-electron chi connectivity index (χ0n) is 17.7. The number of hydrogen-bond acceptors (Lipinski definition) is 5. The van der Waals surface area contributed by atoms with Gasteiger partial charge in [-0.05, 0) is 25.1 Å². The molecule has 4 aromatic rings. The minimum atomic E-state index is -0.314. The molecule has 9 nitrogen and oxygen atoms in total. The number of aryl methyl sites for hydroxylation is 3. The molecule has 1 aliphatic rings. The molecule has 0 saturated carbocycles. The summed E-state index contributed by atoms with van der Waals surface area (Å²) < 4.78 is 4.90. The van der Waals surface area contributed by atoms with Crippen LogP contribution in [0.25, 0.3) is 16.9 Å². The van der Waals surface area contributed by atoms with Gasteiger partial charge in [0.15, 0.2) is 5.82 Å². The molecule has 0 atom stereocenters. The molecule has 160 valence electrons. The molecule has 3 aromatic heterocycles. The third kappa shape index (κ3) is 3.53. The number of amides is 1. The molecule has 1 aliphatic heterocycles. The average molecular weight is 427 g/mol. The number of carbonyl (C=O) groups excluding carboxylic acids is 1. The molecule has 0 unspecified atom stereocenters. The number of aromatic nitrogens is 5. The summed E-state index contributed by atoms with van der Waals surface area (Å²) in [5, 5.41) is 11.9. The predicted molar refractivity (Wildman–Crippen MR) is 122 cm³/mol. The van der Waals surface area contributed by atoms with E-state index in [9.17, 15) is 9.59 Å². The third-order valence-corrected chi connectivity index (χ3v) is 5.35. The van der Waals surface area contributed by atoms with Crippen LogP contribution in [0.15, 0.2) is 64.6 Å². The van der Waals surface area contributed by atoms with Crippen LogP contribution >= 0.6 is 0 Å². The van der Waals surface area contributed by atoms with E-state index < -0.39 is 0 Å². The van der Waals surface area contributed by atoms with Crippen LogP contribution in [0.3, 0.4) is 0 Å². The Morgan fingerprint density at radius 1 is 1.12 bits per heavy atom. The predicted octanol–water partition coefficient (Wildman–Crippen LogP) is 3.10. The Balaban J connectivity index is 1.56. The Morgan fingerprint density at radius 3 is 2.72 bits per heavy atom. The SMILES string of the molecule is Cc1ccc(-n2nc(-c3ccc(=O)n(C)c3)cc2NC(=O)c2cnn3c2N=CCC3)cc1. The van der Waals surface area contributed by atoms with Crippen LogP contribution in [0.5, 0.6) is 0 Å². The first-order valence-electron chi connectivity index (χ1n) is 10.2. The highest BCUT2D eigenvalue weighted by atomic mass is 16.2. The number of benzene rings is 1. The molecule has 0 spiro atoms. The van der Waals surface area contributed by atoms with Crippen LogP contribution in [0.4, 0.5) is 11.6 Å². The summed E-state index contributed by atoms with van der Waals surface area (Å²) in [5.74, 6) is 0.737. The lowest BCUT2D eigenvalue weighted by molar-refractivity contribution is 0.102. The summed E-state index contributed by atoms with van der Waals surface area (Å²) in [4.78, 5) is 29.2. The molecule has 1 aromatic carbocycles. The van der Waals surface area contributed by atoms with E-state index in [1.807, 2.05) is 31.2 Å². The number of hydrogen-bond donors (Lipinski definition) is 1. The molecule has 0 saturated heterocycles. The Morgan fingerprint density at radius 2 is 1.94 bits per heavy atom. The Bertz CT molecular complexity index is 1410. The molecule has 4 heterocycles. The number of aliphatic imine (C=N–C) groups is 1. The zero-order valence-corrected chi connectivity index (χ0v) is 17.7. The van der Waals surface area contributed by atoms with E-state index in [1.165, 1.54) is 16.8 Å². The van der Waals surface area contributed by atoms with Gasteiger partial charge in [0.25, 0.3) is 5.91 Å². The largest absolute Gasteiger partial charge is 0.318 e. The molecule has 0 bridgehead atoms. The standard InChI is InChI=1S/C23H21N7O2/c1-15-4-7-17(8-5-15)30-20(12-19(27-30)16-6-9-21(31)28(2)14-16)26-23(32)18-13-25-29-11-3-10-24-22(18)29/h4-10,12-14H,3,11H2,1-2H3,(H,26,32). The first kappa shape index (κ1) is 19.7.